The molecule has 8 nitrogen and oxygen atoms in total. The number of hydrogen-bond donors (Lipinski definition) is 2. The number of anilines is 3. The summed E-state index contributed by atoms with van der Waals surface area (Å²) in [6.07, 6.45) is 2.51. The van der Waals surface area contributed by atoms with E-state index in [1.54, 1.807) is 31.2 Å². The average molecular weight is 546 g/mol. The fraction of sp³-hybridized carbons (Fsp3) is 0.233. The summed E-state index contributed by atoms with van der Waals surface area (Å²) in [5.74, 6) is -0.606. The van der Waals surface area contributed by atoms with Crippen molar-refractivity contribution >= 4 is 34.0 Å². The highest BCUT2D eigenvalue weighted by Crippen LogP contribution is 2.35. The van der Waals surface area contributed by atoms with Crippen molar-refractivity contribution in [3.8, 4) is 16.9 Å². The summed E-state index contributed by atoms with van der Waals surface area (Å²) < 4.78 is 40.9. The Labute approximate surface area is 230 Å². The van der Waals surface area contributed by atoms with Crippen molar-refractivity contribution in [3.63, 3.8) is 0 Å². The summed E-state index contributed by atoms with van der Waals surface area (Å²) >= 11 is 0. The Kier molecular flexibility index (Phi) is 8.28. The molecule has 2 heterocycles. The van der Waals surface area contributed by atoms with Gasteiger partial charge in [-0.3, -0.25) is 9.69 Å². The van der Waals surface area contributed by atoms with E-state index in [-0.39, 0.29) is 5.69 Å². The molecule has 2 N–H and O–H groups in total. The summed E-state index contributed by atoms with van der Waals surface area (Å²) in [4.78, 5) is 23.1. The molecule has 3 aromatic carbocycles. The molecule has 206 valence electrons. The summed E-state index contributed by atoms with van der Waals surface area (Å²) in [6.45, 7) is 9.46. The predicted octanol–water partition coefficient (Wildman–Crippen LogP) is 5.46. The SMILES string of the molecule is C=CC(=O)Nc1cc2c(Nc3cc(-c4ccc(C)cc4F)ccc3F)ncnc2cc1OCCN1CCOCC1. The van der Waals surface area contributed by atoms with E-state index in [1.807, 2.05) is 0 Å². The Morgan fingerprint density at radius 1 is 1.07 bits per heavy atom. The smallest absolute Gasteiger partial charge is 0.247 e. The van der Waals surface area contributed by atoms with E-state index in [0.717, 1.165) is 24.7 Å². The molecular weight excluding hydrogens is 516 g/mol. The highest BCUT2D eigenvalue weighted by molar-refractivity contribution is 6.03. The molecule has 1 amide bonds. The van der Waals surface area contributed by atoms with Crippen molar-refractivity contribution in [3.05, 3.63) is 84.7 Å². The van der Waals surface area contributed by atoms with Crippen LogP contribution in [0.2, 0.25) is 0 Å². The number of carbonyl (C=O) groups excluding carboxylic acids is 1. The van der Waals surface area contributed by atoms with E-state index in [1.165, 1.54) is 30.6 Å². The molecule has 1 aromatic heterocycles. The van der Waals surface area contributed by atoms with E-state index in [2.05, 4.69) is 32.1 Å². The van der Waals surface area contributed by atoms with Gasteiger partial charge in [-0.2, -0.15) is 0 Å². The van der Waals surface area contributed by atoms with Crippen LogP contribution in [0.3, 0.4) is 0 Å². The summed E-state index contributed by atoms with van der Waals surface area (Å²) in [6, 6.07) is 12.6. The number of halogens is 2. The standard InChI is InChI=1S/C30H29F2N5O3/c1-3-29(38)35-27-16-22-25(17-28(27)40-13-10-37-8-11-39-12-9-37)33-18-34-30(22)36-26-15-20(5-7-23(26)31)21-6-4-19(2)14-24(21)32/h3-7,14-18H,1,8-13H2,2H3,(H,35,38)(H,33,34,36). The quantitative estimate of drug-likeness (QED) is 0.270. The normalized spacial score (nSPS) is 13.7. The fourth-order valence-corrected chi connectivity index (χ4v) is 4.46. The number of morpholine rings is 1. The average Bonchev–Trinajstić information content (AvgIpc) is 2.95. The second-order valence-corrected chi connectivity index (χ2v) is 9.39. The van der Waals surface area contributed by atoms with Crippen LogP contribution in [0.4, 0.5) is 26.0 Å². The molecule has 5 rings (SSSR count). The Balaban J connectivity index is 1.45. The third-order valence-corrected chi connectivity index (χ3v) is 6.60. The molecule has 0 spiro atoms. The maximum atomic E-state index is 14.9. The van der Waals surface area contributed by atoms with Crippen LogP contribution in [-0.2, 0) is 9.53 Å². The number of rotatable bonds is 9. The molecular formula is C30H29F2N5O3. The maximum Gasteiger partial charge on any atom is 0.247 e. The molecule has 40 heavy (non-hydrogen) atoms. The molecule has 0 aliphatic carbocycles. The first kappa shape index (κ1) is 27.2. The Morgan fingerprint density at radius 2 is 1.90 bits per heavy atom. The minimum absolute atomic E-state index is 0.111. The van der Waals surface area contributed by atoms with Gasteiger partial charge in [-0.15, -0.1) is 0 Å². The largest absolute Gasteiger partial charge is 0.490 e. The van der Waals surface area contributed by atoms with E-state index in [0.29, 0.717) is 65.6 Å². The van der Waals surface area contributed by atoms with Crippen LogP contribution < -0.4 is 15.4 Å². The van der Waals surface area contributed by atoms with Gasteiger partial charge in [0.15, 0.2) is 0 Å². The Morgan fingerprint density at radius 3 is 2.67 bits per heavy atom. The lowest BCUT2D eigenvalue weighted by Crippen LogP contribution is -2.38. The lowest BCUT2D eigenvalue weighted by Gasteiger charge is -2.26. The van der Waals surface area contributed by atoms with Gasteiger partial charge in [-0.25, -0.2) is 18.7 Å². The third kappa shape index (κ3) is 6.24. The first-order valence-corrected chi connectivity index (χ1v) is 12.9. The van der Waals surface area contributed by atoms with Gasteiger partial charge in [0.1, 0.15) is 36.1 Å². The highest BCUT2D eigenvalue weighted by atomic mass is 19.1. The van der Waals surface area contributed by atoms with Gasteiger partial charge in [-0.1, -0.05) is 24.8 Å². The zero-order chi connectivity index (χ0) is 28.1. The van der Waals surface area contributed by atoms with E-state index < -0.39 is 17.5 Å². The summed E-state index contributed by atoms with van der Waals surface area (Å²) in [5, 5.41) is 6.31. The number of benzene rings is 3. The second kappa shape index (κ2) is 12.2. The Hall–Kier alpha value is -4.41. The van der Waals surface area contributed by atoms with Gasteiger partial charge in [0, 0.05) is 36.7 Å². The molecule has 0 saturated carbocycles. The number of fused-ring (bicyclic) bond motifs is 1. The topological polar surface area (TPSA) is 88.6 Å². The number of nitrogens with zero attached hydrogens (tertiary/aromatic N) is 3. The number of ether oxygens (including phenoxy) is 2. The Bertz CT molecular complexity index is 1560. The first-order valence-electron chi connectivity index (χ1n) is 12.9. The molecule has 1 fully saturated rings. The summed E-state index contributed by atoms with van der Waals surface area (Å²) in [5.41, 5.74) is 2.69. The molecule has 1 saturated heterocycles. The van der Waals surface area contributed by atoms with Crippen LogP contribution in [0.1, 0.15) is 5.56 Å². The fourth-order valence-electron chi connectivity index (χ4n) is 4.46. The third-order valence-electron chi connectivity index (χ3n) is 6.60. The van der Waals surface area contributed by atoms with Crippen molar-refractivity contribution in [1.29, 1.82) is 0 Å². The van der Waals surface area contributed by atoms with Crippen molar-refractivity contribution in [2.45, 2.75) is 6.92 Å². The number of aryl methyl sites for hydroxylation is 1. The van der Waals surface area contributed by atoms with E-state index in [9.17, 15) is 13.6 Å². The van der Waals surface area contributed by atoms with Gasteiger partial charge < -0.3 is 20.1 Å². The van der Waals surface area contributed by atoms with Crippen LogP contribution >= 0.6 is 0 Å². The highest BCUT2D eigenvalue weighted by Gasteiger charge is 2.16. The summed E-state index contributed by atoms with van der Waals surface area (Å²) in [7, 11) is 0. The predicted molar refractivity (Wildman–Crippen MR) is 151 cm³/mol. The lowest BCUT2D eigenvalue weighted by atomic mass is 10.0. The van der Waals surface area contributed by atoms with Crippen LogP contribution in [0, 0.1) is 18.6 Å². The van der Waals surface area contributed by atoms with Gasteiger partial charge in [0.25, 0.3) is 0 Å². The molecule has 0 radical (unpaired) electrons. The van der Waals surface area contributed by atoms with Crippen molar-refractivity contribution < 1.29 is 23.0 Å². The van der Waals surface area contributed by atoms with Crippen LogP contribution in [-0.4, -0.2) is 60.2 Å². The molecule has 1 aliphatic rings. The zero-order valence-electron chi connectivity index (χ0n) is 22.0. The van der Waals surface area contributed by atoms with E-state index in [4.69, 9.17) is 9.47 Å². The minimum Gasteiger partial charge on any atom is -0.490 e. The van der Waals surface area contributed by atoms with Gasteiger partial charge in [0.05, 0.1) is 30.1 Å². The molecule has 4 aromatic rings. The van der Waals surface area contributed by atoms with Gasteiger partial charge >= 0.3 is 0 Å². The monoisotopic (exact) mass is 545 g/mol. The number of aromatic nitrogens is 2. The first-order chi connectivity index (χ1) is 19.4. The van der Waals surface area contributed by atoms with E-state index >= 15 is 0 Å². The van der Waals surface area contributed by atoms with Gasteiger partial charge in [-0.05, 0) is 48.4 Å². The molecule has 0 bridgehead atoms. The minimum atomic E-state index is -0.536. The lowest BCUT2D eigenvalue weighted by molar-refractivity contribution is -0.111. The van der Waals surface area contributed by atoms with Crippen molar-refractivity contribution in [2.75, 3.05) is 50.1 Å². The second-order valence-electron chi connectivity index (χ2n) is 9.39. The molecule has 1 aliphatic heterocycles. The number of carbonyl (C=O) groups is 1. The molecule has 0 unspecified atom stereocenters. The number of amides is 1. The maximum absolute atomic E-state index is 14.9. The van der Waals surface area contributed by atoms with Crippen molar-refractivity contribution in [2.24, 2.45) is 0 Å². The zero-order valence-corrected chi connectivity index (χ0v) is 22.0. The van der Waals surface area contributed by atoms with Crippen LogP contribution in [0.15, 0.2) is 67.5 Å². The molecule has 10 heteroatoms. The van der Waals surface area contributed by atoms with Gasteiger partial charge in [0.2, 0.25) is 5.91 Å². The number of hydrogen-bond acceptors (Lipinski definition) is 7. The number of nitrogens with one attached hydrogen (secondary N) is 2. The van der Waals surface area contributed by atoms with Crippen LogP contribution in [0.5, 0.6) is 5.75 Å². The van der Waals surface area contributed by atoms with Crippen molar-refractivity contribution in [1.82, 2.24) is 14.9 Å². The van der Waals surface area contributed by atoms with Crippen LogP contribution in [0.25, 0.3) is 22.0 Å². The molecule has 0 atom stereocenters.